The number of hydrogen-bond acceptors (Lipinski definition) is 4. The van der Waals surface area contributed by atoms with Gasteiger partial charge in [-0.15, -0.1) is 0 Å². The predicted octanol–water partition coefficient (Wildman–Crippen LogP) is 1.38. The average Bonchev–Trinajstić information content (AvgIpc) is 2.08. The summed E-state index contributed by atoms with van der Waals surface area (Å²) in [4.78, 5) is 0. The molecule has 0 amide bonds. The van der Waals surface area contributed by atoms with Crippen molar-refractivity contribution in [1.29, 1.82) is 0 Å². The van der Waals surface area contributed by atoms with Crippen LogP contribution in [-0.2, 0) is 0 Å². The molecule has 0 fully saturated rings. The molecule has 0 aliphatic carbocycles. The molecule has 4 nitrogen and oxygen atoms in total. The van der Waals surface area contributed by atoms with Gasteiger partial charge in [-0.05, 0) is 0 Å². The summed E-state index contributed by atoms with van der Waals surface area (Å²) in [5.41, 5.74) is 6.20. The van der Waals surface area contributed by atoms with Crippen molar-refractivity contribution in [2.45, 2.75) is 0 Å². The molecule has 0 saturated heterocycles. The van der Waals surface area contributed by atoms with E-state index in [1.54, 1.807) is 7.05 Å². The van der Waals surface area contributed by atoms with Gasteiger partial charge in [-0.1, -0.05) is 11.6 Å². The Balaban J connectivity index is 3.39. The third kappa shape index (κ3) is 1.21. The standard InChI is InChI=1S/C7H9ClN2O2/c1-10-3-2-4(11)7(12)5(8)6(3)9/h2,10-12H,9H2,1H3. The molecule has 0 unspecified atom stereocenters. The summed E-state index contributed by atoms with van der Waals surface area (Å²) in [6.45, 7) is 0. The predicted molar refractivity (Wildman–Crippen MR) is 48.7 cm³/mol. The molecule has 66 valence electrons. The first-order chi connectivity index (χ1) is 5.57. The Labute approximate surface area is 74.6 Å². The number of phenols is 2. The summed E-state index contributed by atoms with van der Waals surface area (Å²) in [6, 6.07) is 1.30. The molecule has 0 heterocycles. The molecular weight excluding hydrogens is 180 g/mol. The van der Waals surface area contributed by atoms with E-state index in [0.717, 1.165) is 0 Å². The van der Waals surface area contributed by atoms with Gasteiger partial charge >= 0.3 is 0 Å². The molecule has 0 saturated carbocycles. The largest absolute Gasteiger partial charge is 0.504 e. The van der Waals surface area contributed by atoms with Crippen LogP contribution in [0.2, 0.25) is 5.02 Å². The number of nitrogen functional groups attached to an aromatic ring is 1. The minimum absolute atomic E-state index is 0.0423. The van der Waals surface area contributed by atoms with Crippen LogP contribution >= 0.6 is 11.6 Å². The first-order valence-corrected chi connectivity index (χ1v) is 3.63. The van der Waals surface area contributed by atoms with Crippen molar-refractivity contribution >= 4 is 23.0 Å². The van der Waals surface area contributed by atoms with Gasteiger partial charge in [0.05, 0.1) is 11.4 Å². The molecule has 0 aromatic heterocycles. The second-order valence-electron chi connectivity index (χ2n) is 2.27. The monoisotopic (exact) mass is 188 g/mol. The first-order valence-electron chi connectivity index (χ1n) is 3.25. The van der Waals surface area contributed by atoms with E-state index in [-0.39, 0.29) is 16.5 Å². The zero-order chi connectivity index (χ0) is 9.30. The second-order valence-corrected chi connectivity index (χ2v) is 2.65. The molecule has 12 heavy (non-hydrogen) atoms. The molecule has 0 radical (unpaired) electrons. The molecule has 5 N–H and O–H groups in total. The van der Waals surface area contributed by atoms with Gasteiger partial charge in [0.1, 0.15) is 5.02 Å². The second kappa shape index (κ2) is 2.98. The number of nitrogens with one attached hydrogen (secondary N) is 1. The van der Waals surface area contributed by atoms with Gasteiger partial charge in [0.15, 0.2) is 11.5 Å². The summed E-state index contributed by atoms with van der Waals surface area (Å²) < 4.78 is 0. The number of hydrogen-bond donors (Lipinski definition) is 4. The van der Waals surface area contributed by atoms with Crippen LogP contribution in [-0.4, -0.2) is 17.3 Å². The highest BCUT2D eigenvalue weighted by Crippen LogP contribution is 2.41. The maximum atomic E-state index is 9.12. The fourth-order valence-corrected chi connectivity index (χ4v) is 1.05. The van der Waals surface area contributed by atoms with Crippen LogP contribution in [0.25, 0.3) is 0 Å². The average molecular weight is 189 g/mol. The number of rotatable bonds is 1. The van der Waals surface area contributed by atoms with E-state index in [4.69, 9.17) is 27.5 Å². The quantitative estimate of drug-likeness (QED) is 0.305. The molecule has 1 rings (SSSR count). The van der Waals surface area contributed by atoms with Crippen LogP contribution in [0.4, 0.5) is 11.4 Å². The highest BCUT2D eigenvalue weighted by Gasteiger charge is 2.12. The van der Waals surface area contributed by atoms with Gasteiger partial charge in [0.2, 0.25) is 0 Å². The SMILES string of the molecule is CNc1cc(O)c(O)c(Cl)c1N. The normalized spacial score (nSPS) is 9.83. The van der Waals surface area contributed by atoms with Crippen molar-refractivity contribution in [2.24, 2.45) is 0 Å². The number of phenolic OH excluding ortho intramolecular Hbond substituents is 2. The summed E-state index contributed by atoms with van der Waals surface area (Å²) in [6.07, 6.45) is 0. The fourth-order valence-electron chi connectivity index (χ4n) is 0.848. The molecule has 0 atom stereocenters. The Hall–Kier alpha value is -1.29. The van der Waals surface area contributed by atoms with Gasteiger partial charge in [-0.2, -0.15) is 0 Å². The lowest BCUT2D eigenvalue weighted by atomic mass is 10.2. The Morgan fingerprint density at radius 2 is 2.08 bits per heavy atom. The van der Waals surface area contributed by atoms with Crippen LogP contribution in [0.15, 0.2) is 6.07 Å². The van der Waals surface area contributed by atoms with E-state index in [1.807, 2.05) is 0 Å². The van der Waals surface area contributed by atoms with Crippen LogP contribution in [0.5, 0.6) is 11.5 Å². The maximum Gasteiger partial charge on any atom is 0.178 e. The molecule has 0 aliphatic rings. The van der Waals surface area contributed by atoms with Crippen LogP contribution in [0.3, 0.4) is 0 Å². The van der Waals surface area contributed by atoms with Gasteiger partial charge in [-0.25, -0.2) is 0 Å². The van der Waals surface area contributed by atoms with Gasteiger partial charge in [0.25, 0.3) is 0 Å². The van der Waals surface area contributed by atoms with Crippen LogP contribution in [0, 0.1) is 0 Å². The minimum atomic E-state index is -0.395. The molecule has 0 aliphatic heterocycles. The Bertz CT molecular complexity index is 315. The molecule has 0 spiro atoms. The fraction of sp³-hybridized carbons (Fsp3) is 0.143. The number of benzene rings is 1. The third-order valence-electron chi connectivity index (χ3n) is 1.53. The molecular formula is C7H9ClN2O2. The van der Waals surface area contributed by atoms with Crippen LogP contribution < -0.4 is 11.1 Å². The Morgan fingerprint density at radius 3 is 2.58 bits per heavy atom. The van der Waals surface area contributed by atoms with E-state index < -0.39 is 5.75 Å². The smallest absolute Gasteiger partial charge is 0.178 e. The Morgan fingerprint density at radius 1 is 1.50 bits per heavy atom. The molecule has 1 aromatic carbocycles. The number of nitrogens with two attached hydrogens (primary N) is 1. The van der Waals surface area contributed by atoms with Crippen LogP contribution in [0.1, 0.15) is 0 Å². The molecule has 5 heteroatoms. The molecule has 1 aromatic rings. The third-order valence-corrected chi connectivity index (χ3v) is 1.91. The van der Waals surface area contributed by atoms with E-state index in [9.17, 15) is 0 Å². The van der Waals surface area contributed by atoms with Gasteiger partial charge in [0, 0.05) is 13.1 Å². The topological polar surface area (TPSA) is 78.5 Å². The first kappa shape index (κ1) is 8.80. The zero-order valence-electron chi connectivity index (χ0n) is 6.43. The van der Waals surface area contributed by atoms with Crippen molar-refractivity contribution in [3.05, 3.63) is 11.1 Å². The van der Waals surface area contributed by atoms with E-state index in [2.05, 4.69) is 5.32 Å². The zero-order valence-corrected chi connectivity index (χ0v) is 7.18. The number of anilines is 2. The van der Waals surface area contributed by atoms with Crippen molar-refractivity contribution < 1.29 is 10.2 Å². The molecule has 0 bridgehead atoms. The summed E-state index contributed by atoms with van der Waals surface area (Å²) in [5.74, 6) is -0.688. The summed E-state index contributed by atoms with van der Waals surface area (Å²) in [5, 5.41) is 20.9. The number of halogens is 1. The Kier molecular flexibility index (Phi) is 2.19. The highest BCUT2D eigenvalue weighted by molar-refractivity contribution is 6.35. The van der Waals surface area contributed by atoms with Gasteiger partial charge in [-0.3, -0.25) is 0 Å². The van der Waals surface area contributed by atoms with Crippen molar-refractivity contribution in [1.82, 2.24) is 0 Å². The van der Waals surface area contributed by atoms with E-state index in [0.29, 0.717) is 5.69 Å². The number of aromatic hydroxyl groups is 2. The summed E-state index contributed by atoms with van der Waals surface area (Å²) in [7, 11) is 1.64. The van der Waals surface area contributed by atoms with Crippen molar-refractivity contribution in [3.63, 3.8) is 0 Å². The highest BCUT2D eigenvalue weighted by atomic mass is 35.5. The summed E-state index contributed by atoms with van der Waals surface area (Å²) >= 11 is 5.59. The van der Waals surface area contributed by atoms with Crippen molar-refractivity contribution in [3.8, 4) is 11.5 Å². The lowest BCUT2D eigenvalue weighted by Gasteiger charge is -2.09. The van der Waals surface area contributed by atoms with E-state index in [1.165, 1.54) is 6.07 Å². The lowest BCUT2D eigenvalue weighted by molar-refractivity contribution is 0.404. The maximum absolute atomic E-state index is 9.12. The lowest BCUT2D eigenvalue weighted by Crippen LogP contribution is -1.96. The minimum Gasteiger partial charge on any atom is -0.504 e. The van der Waals surface area contributed by atoms with Crippen molar-refractivity contribution in [2.75, 3.05) is 18.1 Å². The van der Waals surface area contributed by atoms with Gasteiger partial charge < -0.3 is 21.3 Å². The van der Waals surface area contributed by atoms with E-state index >= 15 is 0 Å².